The molecule has 0 atom stereocenters. The molecule has 0 saturated carbocycles. The second-order valence-electron chi connectivity index (χ2n) is 5.71. The molecular weight excluding hydrogens is 344 g/mol. The van der Waals surface area contributed by atoms with Crippen LogP contribution in [0.2, 0.25) is 0 Å². The highest BCUT2D eigenvalue weighted by Crippen LogP contribution is 2.21. The van der Waals surface area contributed by atoms with Crippen LogP contribution in [0, 0.1) is 11.3 Å². The Hall–Kier alpha value is -4.11. The van der Waals surface area contributed by atoms with E-state index in [1.165, 1.54) is 18.2 Å². The van der Waals surface area contributed by atoms with Crippen molar-refractivity contribution in [3.63, 3.8) is 0 Å². The minimum atomic E-state index is -1.03. The Labute approximate surface area is 154 Å². The van der Waals surface area contributed by atoms with Crippen LogP contribution in [-0.2, 0) is 0 Å². The zero-order chi connectivity index (χ0) is 19.4. The van der Waals surface area contributed by atoms with Crippen molar-refractivity contribution in [2.75, 3.05) is 0 Å². The Balaban J connectivity index is 2.01. The lowest BCUT2D eigenvalue weighted by Crippen LogP contribution is -2.00. The van der Waals surface area contributed by atoms with E-state index in [9.17, 15) is 14.9 Å². The molecule has 0 aliphatic carbocycles. The molecular formula is C21H14N2O4. The molecule has 6 heteroatoms. The predicted octanol–water partition coefficient (Wildman–Crippen LogP) is 3.94. The molecule has 0 fully saturated rings. The Bertz CT molecular complexity index is 1090. The number of carboxylic acid groups (broad SMARTS) is 2. The first-order valence-electron chi connectivity index (χ1n) is 7.96. The molecule has 0 aliphatic heterocycles. The zero-order valence-corrected chi connectivity index (χ0v) is 14.0. The summed E-state index contributed by atoms with van der Waals surface area (Å²) in [7, 11) is 0. The standard InChI is InChI=1S/C21H14N2O4/c22-13-17(14-6-8-15(9-7-14)20(24)25)12-19-5-2-10-23(19)18-4-1-3-16(11-18)21(26)27/h1-12H,(H,24,25)(H,26,27)/b17-12-. The summed E-state index contributed by atoms with van der Waals surface area (Å²) >= 11 is 0. The number of nitriles is 1. The van der Waals surface area contributed by atoms with Gasteiger partial charge in [0.2, 0.25) is 0 Å². The van der Waals surface area contributed by atoms with Gasteiger partial charge in [0.1, 0.15) is 0 Å². The molecule has 27 heavy (non-hydrogen) atoms. The van der Waals surface area contributed by atoms with E-state index in [4.69, 9.17) is 10.2 Å². The lowest BCUT2D eigenvalue weighted by atomic mass is 10.0. The summed E-state index contributed by atoms with van der Waals surface area (Å²) in [4.78, 5) is 22.1. The summed E-state index contributed by atoms with van der Waals surface area (Å²) in [6, 6.07) is 18.2. The molecule has 0 amide bonds. The maximum atomic E-state index is 11.2. The monoisotopic (exact) mass is 358 g/mol. The van der Waals surface area contributed by atoms with Crippen LogP contribution in [0.5, 0.6) is 0 Å². The number of nitrogens with zero attached hydrogens (tertiary/aromatic N) is 2. The molecule has 3 aromatic rings. The summed E-state index contributed by atoms with van der Waals surface area (Å²) in [6.45, 7) is 0. The lowest BCUT2D eigenvalue weighted by molar-refractivity contribution is 0.0686. The van der Waals surface area contributed by atoms with Gasteiger partial charge in [-0.2, -0.15) is 5.26 Å². The molecule has 6 nitrogen and oxygen atoms in total. The number of benzene rings is 2. The molecule has 0 saturated heterocycles. The maximum absolute atomic E-state index is 11.2. The van der Waals surface area contributed by atoms with Crippen molar-refractivity contribution in [3.8, 4) is 11.8 Å². The molecule has 0 spiro atoms. The van der Waals surface area contributed by atoms with E-state index >= 15 is 0 Å². The van der Waals surface area contributed by atoms with E-state index in [1.807, 2.05) is 0 Å². The van der Waals surface area contributed by atoms with E-state index in [0.717, 1.165) is 0 Å². The van der Waals surface area contributed by atoms with Crippen molar-refractivity contribution in [1.82, 2.24) is 4.57 Å². The highest BCUT2D eigenvalue weighted by molar-refractivity contribution is 5.92. The minimum absolute atomic E-state index is 0.143. The number of aromatic nitrogens is 1. The van der Waals surface area contributed by atoms with Crippen molar-refractivity contribution in [1.29, 1.82) is 5.26 Å². The molecule has 2 aromatic carbocycles. The summed E-state index contributed by atoms with van der Waals surface area (Å²) in [5.74, 6) is -2.05. The SMILES string of the molecule is N#C/C(=C/c1cccn1-c1cccc(C(=O)O)c1)c1ccc(C(=O)O)cc1. The van der Waals surface area contributed by atoms with E-state index in [2.05, 4.69) is 6.07 Å². The number of hydrogen-bond acceptors (Lipinski definition) is 3. The largest absolute Gasteiger partial charge is 0.478 e. The van der Waals surface area contributed by atoms with Crippen LogP contribution < -0.4 is 0 Å². The fourth-order valence-electron chi connectivity index (χ4n) is 2.66. The molecule has 0 unspecified atom stereocenters. The average molecular weight is 358 g/mol. The van der Waals surface area contributed by atoms with Crippen LogP contribution in [0.4, 0.5) is 0 Å². The van der Waals surface area contributed by atoms with E-state index in [-0.39, 0.29) is 11.1 Å². The number of allylic oxidation sites excluding steroid dienone is 1. The van der Waals surface area contributed by atoms with Crippen molar-refractivity contribution in [2.45, 2.75) is 0 Å². The van der Waals surface area contributed by atoms with Crippen LogP contribution in [-0.4, -0.2) is 26.7 Å². The second kappa shape index (κ2) is 7.42. The number of carbonyl (C=O) groups is 2. The van der Waals surface area contributed by atoms with Gasteiger partial charge in [-0.05, 0) is 54.1 Å². The van der Waals surface area contributed by atoms with Gasteiger partial charge in [0, 0.05) is 17.6 Å². The smallest absolute Gasteiger partial charge is 0.335 e. The average Bonchev–Trinajstić information content (AvgIpc) is 3.14. The molecule has 0 bridgehead atoms. The second-order valence-corrected chi connectivity index (χ2v) is 5.71. The van der Waals surface area contributed by atoms with Crippen LogP contribution in [0.25, 0.3) is 17.3 Å². The quantitative estimate of drug-likeness (QED) is 0.673. The number of carboxylic acids is 2. The number of hydrogen-bond donors (Lipinski definition) is 2. The Kier molecular flexibility index (Phi) is 4.86. The highest BCUT2D eigenvalue weighted by Gasteiger charge is 2.09. The molecule has 1 heterocycles. The summed E-state index contributed by atoms with van der Waals surface area (Å²) < 4.78 is 1.77. The minimum Gasteiger partial charge on any atom is -0.478 e. The van der Waals surface area contributed by atoms with Crippen molar-refractivity contribution >= 4 is 23.6 Å². The molecule has 2 N–H and O–H groups in total. The van der Waals surface area contributed by atoms with Gasteiger partial charge in [-0.1, -0.05) is 18.2 Å². The lowest BCUT2D eigenvalue weighted by Gasteiger charge is -2.08. The number of rotatable bonds is 5. The summed E-state index contributed by atoms with van der Waals surface area (Å²) in [5, 5.41) is 27.7. The maximum Gasteiger partial charge on any atom is 0.335 e. The van der Waals surface area contributed by atoms with Crippen molar-refractivity contribution in [2.24, 2.45) is 0 Å². The Morgan fingerprint density at radius 3 is 2.19 bits per heavy atom. The van der Waals surface area contributed by atoms with Gasteiger partial charge < -0.3 is 14.8 Å². The van der Waals surface area contributed by atoms with Gasteiger partial charge >= 0.3 is 11.9 Å². The fraction of sp³-hybridized carbons (Fsp3) is 0. The predicted molar refractivity (Wildman–Crippen MR) is 99.6 cm³/mol. The van der Waals surface area contributed by atoms with Gasteiger partial charge in [0.05, 0.1) is 22.8 Å². The van der Waals surface area contributed by atoms with Crippen LogP contribution in [0.15, 0.2) is 66.9 Å². The molecule has 132 valence electrons. The third kappa shape index (κ3) is 3.78. The van der Waals surface area contributed by atoms with Crippen molar-refractivity contribution in [3.05, 3.63) is 89.2 Å². The highest BCUT2D eigenvalue weighted by atomic mass is 16.4. The van der Waals surface area contributed by atoms with Gasteiger partial charge in [-0.3, -0.25) is 0 Å². The van der Waals surface area contributed by atoms with E-state index < -0.39 is 11.9 Å². The first-order chi connectivity index (χ1) is 13.0. The van der Waals surface area contributed by atoms with E-state index in [1.54, 1.807) is 59.3 Å². The van der Waals surface area contributed by atoms with Gasteiger partial charge in [0.25, 0.3) is 0 Å². The van der Waals surface area contributed by atoms with Gasteiger partial charge in [0.15, 0.2) is 0 Å². The first kappa shape index (κ1) is 17.7. The van der Waals surface area contributed by atoms with Crippen molar-refractivity contribution < 1.29 is 19.8 Å². The Morgan fingerprint density at radius 1 is 0.889 bits per heavy atom. The fourth-order valence-corrected chi connectivity index (χ4v) is 2.66. The normalized spacial score (nSPS) is 11.0. The van der Waals surface area contributed by atoms with E-state index in [0.29, 0.717) is 22.5 Å². The van der Waals surface area contributed by atoms with Gasteiger partial charge in [-0.25, -0.2) is 9.59 Å². The van der Waals surface area contributed by atoms with Crippen LogP contribution in [0.1, 0.15) is 32.0 Å². The zero-order valence-electron chi connectivity index (χ0n) is 14.0. The molecule has 3 rings (SSSR count). The number of aromatic carboxylic acids is 2. The molecule has 1 aromatic heterocycles. The summed E-state index contributed by atoms with van der Waals surface area (Å²) in [5.41, 5.74) is 2.61. The first-order valence-corrected chi connectivity index (χ1v) is 7.96. The molecule has 0 radical (unpaired) electrons. The summed E-state index contributed by atoms with van der Waals surface area (Å²) in [6.07, 6.45) is 3.44. The molecule has 0 aliphatic rings. The topological polar surface area (TPSA) is 103 Å². The van der Waals surface area contributed by atoms with Crippen LogP contribution >= 0.6 is 0 Å². The third-order valence-corrected chi connectivity index (χ3v) is 4.01. The Morgan fingerprint density at radius 2 is 1.56 bits per heavy atom. The van der Waals surface area contributed by atoms with Gasteiger partial charge in [-0.15, -0.1) is 0 Å². The van der Waals surface area contributed by atoms with Crippen LogP contribution in [0.3, 0.4) is 0 Å². The third-order valence-electron chi connectivity index (χ3n) is 4.01.